The van der Waals surface area contributed by atoms with Crippen molar-refractivity contribution >= 4 is 17.8 Å². The van der Waals surface area contributed by atoms with Crippen LogP contribution in [0, 0.1) is 5.92 Å². The summed E-state index contributed by atoms with van der Waals surface area (Å²) >= 11 is 0. The van der Waals surface area contributed by atoms with Gasteiger partial charge in [0.25, 0.3) is 0 Å². The minimum Gasteiger partial charge on any atom is -0.466 e. The minimum atomic E-state index is -0.990. The van der Waals surface area contributed by atoms with Gasteiger partial charge in [-0.15, -0.1) is 0 Å². The molecule has 1 saturated carbocycles. The van der Waals surface area contributed by atoms with Crippen LogP contribution in [-0.2, 0) is 19.1 Å². The highest BCUT2D eigenvalue weighted by Gasteiger charge is 2.44. The van der Waals surface area contributed by atoms with E-state index in [1.165, 1.54) is 11.3 Å². The lowest BCUT2D eigenvalue weighted by Crippen LogP contribution is -2.58. The highest BCUT2D eigenvalue weighted by Crippen LogP contribution is 2.34. The van der Waals surface area contributed by atoms with Crippen molar-refractivity contribution in [2.24, 2.45) is 5.92 Å². The van der Waals surface area contributed by atoms with Gasteiger partial charge in [-0.1, -0.05) is 19.3 Å². The number of ketones is 1. The Morgan fingerprint density at radius 1 is 1.15 bits per heavy atom. The van der Waals surface area contributed by atoms with Crippen LogP contribution in [0.1, 0.15) is 65.2 Å². The zero-order valence-corrected chi connectivity index (χ0v) is 15.9. The molecule has 1 N–H and O–H groups in total. The number of carbonyl (C=O) groups excluding carboxylic acids is 2. The third kappa shape index (κ3) is 5.43. The maximum atomic E-state index is 12.4. The van der Waals surface area contributed by atoms with Crippen molar-refractivity contribution in [3.63, 3.8) is 0 Å². The Balaban J connectivity index is 1.99. The second kappa shape index (κ2) is 9.35. The van der Waals surface area contributed by atoms with E-state index in [-0.39, 0.29) is 44.0 Å². The maximum Gasteiger partial charge on any atom is 0.407 e. The van der Waals surface area contributed by atoms with Crippen LogP contribution >= 0.6 is 0 Å². The minimum absolute atomic E-state index is 0.169. The van der Waals surface area contributed by atoms with Crippen molar-refractivity contribution in [3.05, 3.63) is 0 Å². The molecule has 1 heterocycles. The van der Waals surface area contributed by atoms with Crippen LogP contribution in [0.25, 0.3) is 0 Å². The molecular weight excluding hydrogens is 338 g/mol. The van der Waals surface area contributed by atoms with Crippen LogP contribution in [0.4, 0.5) is 4.79 Å². The van der Waals surface area contributed by atoms with Crippen molar-refractivity contribution < 1.29 is 29.0 Å². The van der Waals surface area contributed by atoms with Gasteiger partial charge in [0.1, 0.15) is 12.2 Å². The van der Waals surface area contributed by atoms with E-state index in [4.69, 9.17) is 9.47 Å². The van der Waals surface area contributed by atoms with Crippen molar-refractivity contribution in [3.8, 4) is 0 Å². The molecule has 1 aliphatic carbocycles. The molecular formula is C19H31NO6. The molecule has 148 valence electrons. The maximum absolute atomic E-state index is 12.4. The van der Waals surface area contributed by atoms with E-state index in [9.17, 15) is 19.5 Å². The standard InChI is InChI=1S/C19H31NO6/c1-3-25-17(22)11-16(21)14-9-10-20(18(23)24)19(2,12-14)13-26-15-7-5-4-6-8-15/h14-15H,3-13H2,1-2H3,(H,23,24)/t14-,19-/m0/s1. The highest BCUT2D eigenvalue weighted by atomic mass is 16.5. The first-order valence-corrected chi connectivity index (χ1v) is 9.66. The molecule has 1 aliphatic heterocycles. The van der Waals surface area contributed by atoms with Gasteiger partial charge < -0.3 is 19.5 Å². The molecule has 0 radical (unpaired) electrons. The number of rotatable bonds is 7. The molecule has 7 nitrogen and oxygen atoms in total. The van der Waals surface area contributed by atoms with Gasteiger partial charge in [0, 0.05) is 12.5 Å². The molecule has 2 rings (SSSR count). The molecule has 1 amide bonds. The number of nitrogens with zero attached hydrogens (tertiary/aromatic N) is 1. The number of piperidine rings is 1. The van der Waals surface area contributed by atoms with Crippen LogP contribution in [0.3, 0.4) is 0 Å². The van der Waals surface area contributed by atoms with Crippen molar-refractivity contribution in [1.29, 1.82) is 0 Å². The van der Waals surface area contributed by atoms with E-state index >= 15 is 0 Å². The number of ether oxygens (including phenoxy) is 2. The number of hydrogen-bond acceptors (Lipinski definition) is 5. The molecule has 0 aromatic heterocycles. The number of carbonyl (C=O) groups is 3. The van der Waals surface area contributed by atoms with Crippen LogP contribution < -0.4 is 0 Å². The Kier molecular flexibility index (Phi) is 7.43. The van der Waals surface area contributed by atoms with Gasteiger partial charge in [-0.25, -0.2) is 4.79 Å². The van der Waals surface area contributed by atoms with Gasteiger partial charge in [0.05, 0.1) is 24.9 Å². The summed E-state index contributed by atoms with van der Waals surface area (Å²) in [5.74, 6) is -1.02. The fourth-order valence-corrected chi connectivity index (χ4v) is 4.06. The first-order valence-electron chi connectivity index (χ1n) is 9.66. The van der Waals surface area contributed by atoms with Gasteiger partial charge in [-0.2, -0.15) is 0 Å². The highest BCUT2D eigenvalue weighted by molar-refractivity contribution is 5.97. The molecule has 0 bridgehead atoms. The first kappa shape index (κ1) is 20.7. The molecule has 7 heteroatoms. The van der Waals surface area contributed by atoms with Gasteiger partial charge in [-0.05, 0) is 39.5 Å². The summed E-state index contributed by atoms with van der Waals surface area (Å²) in [5.41, 5.74) is -0.753. The number of amides is 1. The van der Waals surface area contributed by atoms with Crippen LogP contribution in [-0.4, -0.2) is 59.3 Å². The Labute approximate surface area is 155 Å². The molecule has 0 spiro atoms. The van der Waals surface area contributed by atoms with Crippen LogP contribution in [0.15, 0.2) is 0 Å². The summed E-state index contributed by atoms with van der Waals surface area (Å²) in [6.45, 7) is 4.35. The van der Waals surface area contributed by atoms with Gasteiger partial charge in [0.2, 0.25) is 0 Å². The summed E-state index contributed by atoms with van der Waals surface area (Å²) < 4.78 is 10.9. The van der Waals surface area contributed by atoms with Gasteiger partial charge >= 0.3 is 12.1 Å². The lowest BCUT2D eigenvalue weighted by atomic mass is 9.79. The third-order valence-corrected chi connectivity index (χ3v) is 5.53. The lowest BCUT2D eigenvalue weighted by Gasteiger charge is -2.46. The van der Waals surface area contributed by atoms with Crippen molar-refractivity contribution in [2.45, 2.75) is 76.9 Å². The fourth-order valence-electron chi connectivity index (χ4n) is 4.06. The summed E-state index contributed by atoms with van der Waals surface area (Å²) in [7, 11) is 0. The monoisotopic (exact) mass is 369 g/mol. The van der Waals surface area contributed by atoms with Crippen molar-refractivity contribution in [1.82, 2.24) is 4.90 Å². The number of esters is 1. The molecule has 2 aliphatic rings. The lowest BCUT2D eigenvalue weighted by molar-refractivity contribution is -0.147. The number of likely N-dealkylation sites (tertiary alicyclic amines) is 1. The molecule has 0 aromatic rings. The Morgan fingerprint density at radius 3 is 2.46 bits per heavy atom. The molecule has 0 unspecified atom stereocenters. The SMILES string of the molecule is CCOC(=O)CC(=O)[C@H]1CCN(C(=O)O)[C@](C)(COC2CCCCC2)C1. The van der Waals surface area contributed by atoms with E-state index in [2.05, 4.69) is 0 Å². The average molecular weight is 369 g/mol. The van der Waals surface area contributed by atoms with Gasteiger partial charge in [-0.3, -0.25) is 9.59 Å². The summed E-state index contributed by atoms with van der Waals surface area (Å²) in [4.78, 5) is 37.1. The Morgan fingerprint density at radius 2 is 1.85 bits per heavy atom. The van der Waals surface area contributed by atoms with E-state index in [1.807, 2.05) is 6.92 Å². The third-order valence-electron chi connectivity index (χ3n) is 5.53. The Bertz CT molecular complexity index is 516. The second-order valence-corrected chi connectivity index (χ2v) is 7.64. The first-order chi connectivity index (χ1) is 12.4. The zero-order chi connectivity index (χ0) is 19.2. The normalized spacial score (nSPS) is 27.2. The predicted molar refractivity (Wildman–Crippen MR) is 94.9 cm³/mol. The van der Waals surface area contributed by atoms with Crippen LogP contribution in [0.2, 0.25) is 0 Å². The molecule has 0 aromatic carbocycles. The largest absolute Gasteiger partial charge is 0.466 e. The van der Waals surface area contributed by atoms with E-state index < -0.39 is 17.6 Å². The fraction of sp³-hybridized carbons (Fsp3) is 0.842. The Hall–Kier alpha value is -1.63. The molecule has 26 heavy (non-hydrogen) atoms. The van der Waals surface area contributed by atoms with E-state index in [0.29, 0.717) is 12.8 Å². The van der Waals surface area contributed by atoms with Crippen LogP contribution in [0.5, 0.6) is 0 Å². The topological polar surface area (TPSA) is 93.1 Å². The summed E-state index contributed by atoms with van der Waals surface area (Å²) in [5, 5.41) is 9.56. The second-order valence-electron chi connectivity index (χ2n) is 7.64. The average Bonchev–Trinajstić information content (AvgIpc) is 2.60. The van der Waals surface area contributed by atoms with Crippen molar-refractivity contribution in [2.75, 3.05) is 19.8 Å². The number of hydrogen-bond donors (Lipinski definition) is 1. The van der Waals surface area contributed by atoms with Gasteiger partial charge in [0.15, 0.2) is 0 Å². The molecule has 2 atom stereocenters. The predicted octanol–water partition coefficient (Wildman–Crippen LogP) is 3.01. The summed E-state index contributed by atoms with van der Waals surface area (Å²) in [6, 6.07) is 0. The molecule has 2 fully saturated rings. The van der Waals surface area contributed by atoms with E-state index in [0.717, 1.165) is 25.7 Å². The summed E-state index contributed by atoms with van der Waals surface area (Å²) in [6.07, 6.45) is 5.28. The van der Waals surface area contributed by atoms with E-state index in [1.54, 1.807) is 6.92 Å². The smallest absolute Gasteiger partial charge is 0.407 e. The quantitative estimate of drug-likeness (QED) is 0.548. The number of carboxylic acid groups (broad SMARTS) is 1. The zero-order valence-electron chi connectivity index (χ0n) is 15.9. The number of Topliss-reactive ketones (excluding diaryl/α,β-unsaturated/α-hetero) is 1. The molecule has 1 saturated heterocycles.